The zero-order chi connectivity index (χ0) is 22.3. The summed E-state index contributed by atoms with van der Waals surface area (Å²) >= 11 is 0. The summed E-state index contributed by atoms with van der Waals surface area (Å²) in [5, 5.41) is 1.11. The fraction of sp³-hybridized carbons (Fsp3) is 0.333. The molecule has 2 aromatic carbocycles. The average molecular weight is 438 g/mol. The minimum Gasteiger partial charge on any atom is -0.496 e. The second-order valence-corrected chi connectivity index (χ2v) is 7.98. The van der Waals surface area contributed by atoms with Crippen molar-refractivity contribution in [3.63, 3.8) is 0 Å². The largest absolute Gasteiger partial charge is 0.496 e. The highest BCUT2D eigenvalue weighted by molar-refractivity contribution is 7.93. The van der Waals surface area contributed by atoms with Crippen LogP contribution in [0.2, 0.25) is 0 Å². The molecule has 0 aliphatic carbocycles. The summed E-state index contributed by atoms with van der Waals surface area (Å²) < 4.78 is 57.2. The maximum absolute atomic E-state index is 12.7. The lowest BCUT2D eigenvalue weighted by molar-refractivity contribution is 0.324. The molecule has 0 atom stereocenters. The zero-order valence-electron chi connectivity index (χ0n) is 17.8. The third-order valence-corrected chi connectivity index (χ3v) is 5.57. The Morgan fingerprint density at radius 3 is 1.60 bits per heavy atom. The number of hydrogen-bond acceptors (Lipinski definition) is 8. The summed E-state index contributed by atoms with van der Waals surface area (Å²) in [6.07, 6.45) is 1.43. The van der Waals surface area contributed by atoms with Crippen molar-refractivity contribution in [2.24, 2.45) is 0 Å². The molecule has 0 aliphatic rings. The van der Waals surface area contributed by atoms with Crippen molar-refractivity contribution in [1.82, 2.24) is 0 Å². The van der Waals surface area contributed by atoms with E-state index in [9.17, 15) is 8.42 Å². The summed E-state index contributed by atoms with van der Waals surface area (Å²) in [4.78, 5) is 0. The van der Waals surface area contributed by atoms with Gasteiger partial charge in [-0.25, -0.2) is 8.42 Å². The van der Waals surface area contributed by atoms with Crippen LogP contribution in [0.1, 0.15) is 11.1 Å². The van der Waals surface area contributed by atoms with E-state index in [2.05, 4.69) is 0 Å². The molecular weight excluding hydrogens is 412 g/mol. The number of sulfone groups is 1. The Kier molecular flexibility index (Phi) is 7.82. The molecule has 0 unspecified atom stereocenters. The minimum atomic E-state index is -3.64. The summed E-state index contributed by atoms with van der Waals surface area (Å²) in [6.45, 7) is 0. The molecule has 9 heteroatoms. The number of benzene rings is 2. The van der Waals surface area contributed by atoms with E-state index in [-0.39, 0.29) is 5.75 Å². The Morgan fingerprint density at radius 1 is 0.700 bits per heavy atom. The fourth-order valence-corrected chi connectivity index (χ4v) is 3.94. The molecule has 2 aromatic rings. The third kappa shape index (κ3) is 5.29. The molecule has 0 heterocycles. The van der Waals surface area contributed by atoms with Gasteiger partial charge >= 0.3 is 0 Å². The van der Waals surface area contributed by atoms with Gasteiger partial charge in [0.15, 0.2) is 21.3 Å². The van der Waals surface area contributed by atoms with E-state index in [1.807, 2.05) is 0 Å². The Hall–Kier alpha value is -3.07. The van der Waals surface area contributed by atoms with Crippen LogP contribution in [0.3, 0.4) is 0 Å². The first-order chi connectivity index (χ1) is 14.3. The quantitative estimate of drug-likeness (QED) is 0.558. The van der Waals surface area contributed by atoms with Crippen LogP contribution in [-0.4, -0.2) is 51.1 Å². The standard InChI is InChI=1S/C21H26O8S/c1-24-15-11-17(25-2)16(18(12-15)26-3)7-8-30(22,23)13-14-9-19(27-4)21(29-6)20(10-14)28-5/h7-12H,13H2,1-6H3/b8-7+. The van der Waals surface area contributed by atoms with Gasteiger partial charge < -0.3 is 28.4 Å². The van der Waals surface area contributed by atoms with Crippen LogP contribution in [0.15, 0.2) is 29.7 Å². The van der Waals surface area contributed by atoms with Crippen molar-refractivity contribution in [3.05, 3.63) is 40.8 Å². The van der Waals surface area contributed by atoms with Crippen LogP contribution < -0.4 is 28.4 Å². The van der Waals surface area contributed by atoms with Crippen molar-refractivity contribution in [3.8, 4) is 34.5 Å². The monoisotopic (exact) mass is 438 g/mol. The minimum absolute atomic E-state index is 0.263. The number of ether oxygens (including phenoxy) is 6. The topological polar surface area (TPSA) is 89.5 Å². The SMILES string of the molecule is COc1cc(OC)c(/C=C/S(=O)(=O)Cc2cc(OC)c(OC)c(OC)c2)c(OC)c1. The molecule has 0 spiro atoms. The van der Waals surface area contributed by atoms with Crippen LogP contribution >= 0.6 is 0 Å². The molecule has 0 amide bonds. The number of rotatable bonds is 10. The summed E-state index contributed by atoms with van der Waals surface area (Å²) in [6, 6.07) is 6.49. The van der Waals surface area contributed by atoms with Gasteiger partial charge in [0.1, 0.15) is 17.2 Å². The van der Waals surface area contributed by atoms with E-state index in [0.29, 0.717) is 45.6 Å². The molecule has 2 rings (SSSR count). The van der Waals surface area contributed by atoms with Gasteiger partial charge in [0.25, 0.3) is 0 Å². The first-order valence-electron chi connectivity index (χ1n) is 8.82. The summed E-state index contributed by atoms with van der Waals surface area (Å²) in [5.74, 6) is 2.26. The molecule has 0 N–H and O–H groups in total. The van der Waals surface area contributed by atoms with E-state index in [1.54, 1.807) is 24.3 Å². The highest BCUT2D eigenvalue weighted by Crippen LogP contribution is 2.39. The number of hydrogen-bond donors (Lipinski definition) is 0. The lowest BCUT2D eigenvalue weighted by Crippen LogP contribution is -2.03. The smallest absolute Gasteiger partial charge is 0.203 e. The first-order valence-corrected chi connectivity index (χ1v) is 10.5. The van der Waals surface area contributed by atoms with Gasteiger partial charge in [-0.05, 0) is 23.8 Å². The Bertz CT molecular complexity index is 962. The Labute approximate surface area is 176 Å². The van der Waals surface area contributed by atoms with Gasteiger partial charge in [0.2, 0.25) is 5.75 Å². The molecule has 164 valence electrons. The molecule has 0 fully saturated rings. The van der Waals surface area contributed by atoms with Crippen LogP contribution in [0, 0.1) is 0 Å². The second kappa shape index (κ2) is 10.1. The predicted molar refractivity (Wildman–Crippen MR) is 114 cm³/mol. The summed E-state index contributed by atoms with van der Waals surface area (Å²) in [5.41, 5.74) is 0.970. The molecule has 0 saturated carbocycles. The highest BCUT2D eigenvalue weighted by atomic mass is 32.2. The molecule has 0 radical (unpaired) electrons. The normalized spacial score (nSPS) is 11.3. The van der Waals surface area contributed by atoms with Crippen molar-refractivity contribution in [2.75, 3.05) is 42.7 Å². The average Bonchev–Trinajstić information content (AvgIpc) is 2.75. The fourth-order valence-electron chi connectivity index (χ4n) is 2.87. The number of methoxy groups -OCH3 is 6. The van der Waals surface area contributed by atoms with Gasteiger partial charge in [-0.15, -0.1) is 0 Å². The molecule has 30 heavy (non-hydrogen) atoms. The van der Waals surface area contributed by atoms with E-state index in [1.165, 1.54) is 48.7 Å². The first kappa shape index (κ1) is 23.2. The molecule has 0 aromatic heterocycles. The van der Waals surface area contributed by atoms with E-state index < -0.39 is 9.84 Å². The van der Waals surface area contributed by atoms with Crippen molar-refractivity contribution in [1.29, 1.82) is 0 Å². The molecule has 0 saturated heterocycles. The lowest BCUT2D eigenvalue weighted by Gasteiger charge is -2.14. The van der Waals surface area contributed by atoms with Gasteiger partial charge in [0.05, 0.1) is 54.0 Å². The molecule has 0 bridgehead atoms. The zero-order valence-corrected chi connectivity index (χ0v) is 18.7. The van der Waals surface area contributed by atoms with Crippen molar-refractivity contribution >= 4 is 15.9 Å². The second-order valence-electron chi connectivity index (χ2n) is 6.09. The maximum Gasteiger partial charge on any atom is 0.203 e. The van der Waals surface area contributed by atoms with Crippen molar-refractivity contribution in [2.45, 2.75) is 5.75 Å². The van der Waals surface area contributed by atoms with Crippen molar-refractivity contribution < 1.29 is 36.8 Å². The van der Waals surface area contributed by atoms with E-state index in [4.69, 9.17) is 28.4 Å². The third-order valence-electron chi connectivity index (χ3n) is 4.29. The highest BCUT2D eigenvalue weighted by Gasteiger charge is 2.17. The summed E-state index contributed by atoms with van der Waals surface area (Å²) in [7, 11) is 5.26. The van der Waals surface area contributed by atoms with Crippen LogP contribution in [0.4, 0.5) is 0 Å². The van der Waals surface area contributed by atoms with Gasteiger partial charge in [-0.3, -0.25) is 0 Å². The molecule has 8 nitrogen and oxygen atoms in total. The Morgan fingerprint density at radius 2 is 1.20 bits per heavy atom. The van der Waals surface area contributed by atoms with Crippen LogP contribution in [-0.2, 0) is 15.6 Å². The van der Waals surface area contributed by atoms with Gasteiger partial charge in [-0.1, -0.05) is 0 Å². The predicted octanol–water partition coefficient (Wildman–Crippen LogP) is 3.32. The van der Waals surface area contributed by atoms with Gasteiger partial charge in [-0.2, -0.15) is 0 Å². The Balaban J connectivity index is 2.40. The van der Waals surface area contributed by atoms with E-state index >= 15 is 0 Å². The van der Waals surface area contributed by atoms with Crippen LogP contribution in [0.5, 0.6) is 34.5 Å². The lowest BCUT2D eigenvalue weighted by atomic mass is 10.1. The van der Waals surface area contributed by atoms with E-state index in [0.717, 1.165) is 5.41 Å². The molecular formula is C21H26O8S. The molecule has 0 aliphatic heterocycles. The van der Waals surface area contributed by atoms with Gasteiger partial charge in [0, 0.05) is 17.5 Å². The van der Waals surface area contributed by atoms with Crippen LogP contribution in [0.25, 0.3) is 6.08 Å². The maximum atomic E-state index is 12.7.